The van der Waals surface area contributed by atoms with Gasteiger partial charge in [-0.3, -0.25) is 0 Å². The molecule has 1 aliphatic heterocycles. The van der Waals surface area contributed by atoms with E-state index in [0.29, 0.717) is 12.5 Å². The molecule has 1 atom stereocenters. The molecule has 0 saturated heterocycles. The maximum absolute atomic E-state index is 6.65. The van der Waals surface area contributed by atoms with Gasteiger partial charge in [0.1, 0.15) is 12.4 Å². The summed E-state index contributed by atoms with van der Waals surface area (Å²) in [6.45, 7) is 7.19. The molecule has 0 radical (unpaired) electrons. The highest BCUT2D eigenvalue weighted by Crippen LogP contribution is 2.39. The number of ether oxygens (including phenoxy) is 1. The normalized spacial score (nSPS) is 16.4. The average Bonchev–Trinajstić information content (AvgIpc) is 3.24. The van der Waals surface area contributed by atoms with Crippen LogP contribution in [-0.4, -0.2) is 18.5 Å². The van der Waals surface area contributed by atoms with Crippen molar-refractivity contribution in [1.29, 1.82) is 0 Å². The molecule has 0 amide bonds. The Bertz CT molecular complexity index is 941. The SMILES string of the molecule is CC(C)(C)[C@@H]1COC(c2ccccc2OP(c2ccccc2)c2ccccc2)=N1. The smallest absolute Gasteiger partial charge is 0.220 e. The van der Waals surface area contributed by atoms with Crippen LogP contribution in [0.25, 0.3) is 0 Å². The second-order valence-corrected chi connectivity index (χ2v) is 9.98. The number of hydrogen-bond acceptors (Lipinski definition) is 3. The number of benzene rings is 3. The van der Waals surface area contributed by atoms with Crippen molar-refractivity contribution in [1.82, 2.24) is 0 Å². The molecule has 4 rings (SSSR count). The Morgan fingerprint density at radius 2 is 1.38 bits per heavy atom. The van der Waals surface area contributed by atoms with Gasteiger partial charge >= 0.3 is 0 Å². The van der Waals surface area contributed by atoms with Crippen molar-refractivity contribution in [3.63, 3.8) is 0 Å². The monoisotopic (exact) mass is 403 g/mol. The van der Waals surface area contributed by atoms with Crippen LogP contribution in [-0.2, 0) is 4.74 Å². The summed E-state index contributed by atoms with van der Waals surface area (Å²) in [6, 6.07) is 29.0. The van der Waals surface area contributed by atoms with Crippen molar-refractivity contribution in [2.45, 2.75) is 26.8 Å². The van der Waals surface area contributed by atoms with Gasteiger partial charge in [-0.1, -0.05) is 93.6 Å². The first-order chi connectivity index (χ1) is 14.0. The van der Waals surface area contributed by atoms with Gasteiger partial charge in [0, 0.05) is 10.6 Å². The standard InChI is InChI=1S/C25H26NO2P/c1-25(2,3)23-18-27-24(26-23)21-16-10-11-17-22(21)28-29(19-12-6-4-7-13-19)20-14-8-5-9-15-20/h4-17,23H,18H2,1-3H3/t23-/m0/s1. The van der Waals surface area contributed by atoms with Crippen molar-refractivity contribution in [2.75, 3.05) is 6.61 Å². The van der Waals surface area contributed by atoms with Crippen LogP contribution in [0.2, 0.25) is 0 Å². The summed E-state index contributed by atoms with van der Waals surface area (Å²) in [5, 5.41) is 2.34. The van der Waals surface area contributed by atoms with Gasteiger partial charge in [-0.2, -0.15) is 0 Å². The molecule has 0 N–H and O–H groups in total. The predicted octanol–water partition coefficient (Wildman–Crippen LogP) is 5.30. The Labute approximate surface area is 174 Å². The van der Waals surface area contributed by atoms with E-state index in [1.807, 2.05) is 36.4 Å². The molecular formula is C25H26NO2P. The highest BCUT2D eigenvalue weighted by molar-refractivity contribution is 7.68. The molecule has 0 bridgehead atoms. The molecule has 3 aromatic rings. The number of nitrogens with zero attached hydrogens (tertiary/aromatic N) is 1. The highest BCUT2D eigenvalue weighted by atomic mass is 31.1. The molecule has 4 heteroatoms. The van der Waals surface area contributed by atoms with Crippen molar-refractivity contribution >= 4 is 24.7 Å². The summed E-state index contributed by atoms with van der Waals surface area (Å²) < 4.78 is 12.6. The lowest BCUT2D eigenvalue weighted by atomic mass is 9.88. The lowest BCUT2D eigenvalue weighted by Gasteiger charge is -2.22. The summed E-state index contributed by atoms with van der Waals surface area (Å²) in [6.07, 6.45) is 0. The third-order valence-electron chi connectivity index (χ3n) is 4.94. The molecule has 0 aromatic heterocycles. The fourth-order valence-electron chi connectivity index (χ4n) is 3.17. The second-order valence-electron chi connectivity index (χ2n) is 8.18. The lowest BCUT2D eigenvalue weighted by Crippen LogP contribution is -2.25. The molecule has 0 aliphatic carbocycles. The molecule has 0 spiro atoms. The second kappa shape index (κ2) is 8.39. The summed E-state index contributed by atoms with van der Waals surface area (Å²) in [7, 11) is -1.00. The highest BCUT2D eigenvalue weighted by Gasteiger charge is 2.32. The number of rotatable bonds is 5. The minimum absolute atomic E-state index is 0.0677. The molecule has 148 valence electrons. The quantitative estimate of drug-likeness (QED) is 0.541. The molecule has 3 aromatic carbocycles. The van der Waals surface area contributed by atoms with Crippen LogP contribution < -0.4 is 15.1 Å². The van der Waals surface area contributed by atoms with Crippen LogP contribution in [0.5, 0.6) is 5.75 Å². The Morgan fingerprint density at radius 3 is 1.93 bits per heavy atom. The van der Waals surface area contributed by atoms with Crippen molar-refractivity contribution in [3.8, 4) is 5.75 Å². The Balaban J connectivity index is 1.70. The Kier molecular flexibility index (Phi) is 5.69. The van der Waals surface area contributed by atoms with Gasteiger partial charge in [0.05, 0.1) is 11.6 Å². The van der Waals surface area contributed by atoms with E-state index in [9.17, 15) is 0 Å². The number of aliphatic imine (C=N–C) groups is 1. The van der Waals surface area contributed by atoms with Crippen LogP contribution >= 0.6 is 8.15 Å². The summed E-state index contributed by atoms with van der Waals surface area (Å²) in [5.74, 6) is 1.48. The fraction of sp³-hybridized carbons (Fsp3) is 0.240. The van der Waals surface area contributed by atoms with Crippen LogP contribution in [0.1, 0.15) is 26.3 Å². The van der Waals surface area contributed by atoms with E-state index in [4.69, 9.17) is 14.3 Å². The zero-order chi connectivity index (χ0) is 20.3. The molecule has 0 fully saturated rings. The molecule has 0 unspecified atom stereocenters. The largest absolute Gasteiger partial charge is 0.475 e. The minimum atomic E-state index is -1.00. The number of para-hydroxylation sites is 1. The van der Waals surface area contributed by atoms with Crippen LogP contribution in [0, 0.1) is 5.41 Å². The van der Waals surface area contributed by atoms with Crippen LogP contribution in [0.15, 0.2) is 89.9 Å². The molecular weight excluding hydrogens is 377 g/mol. The zero-order valence-electron chi connectivity index (χ0n) is 17.1. The van der Waals surface area contributed by atoms with E-state index < -0.39 is 8.15 Å². The summed E-state index contributed by atoms with van der Waals surface area (Å²) >= 11 is 0. The molecule has 0 saturated carbocycles. The Morgan fingerprint density at radius 1 is 0.828 bits per heavy atom. The fourth-order valence-corrected chi connectivity index (χ4v) is 4.92. The first-order valence-corrected chi connectivity index (χ1v) is 11.2. The minimum Gasteiger partial charge on any atom is -0.475 e. The van der Waals surface area contributed by atoms with Gasteiger partial charge in [-0.05, 0) is 17.5 Å². The topological polar surface area (TPSA) is 30.8 Å². The van der Waals surface area contributed by atoms with E-state index in [2.05, 4.69) is 69.3 Å². The maximum atomic E-state index is 6.65. The van der Waals surface area contributed by atoms with Crippen molar-refractivity contribution in [3.05, 3.63) is 90.5 Å². The van der Waals surface area contributed by atoms with Gasteiger partial charge in [0.25, 0.3) is 0 Å². The van der Waals surface area contributed by atoms with E-state index in [-0.39, 0.29) is 11.5 Å². The van der Waals surface area contributed by atoms with Gasteiger partial charge in [0.2, 0.25) is 5.90 Å². The van der Waals surface area contributed by atoms with Crippen molar-refractivity contribution < 1.29 is 9.26 Å². The lowest BCUT2D eigenvalue weighted by molar-refractivity contribution is 0.235. The van der Waals surface area contributed by atoms with Gasteiger partial charge in [-0.15, -0.1) is 0 Å². The molecule has 1 heterocycles. The first kappa shape index (κ1) is 19.7. The van der Waals surface area contributed by atoms with E-state index >= 15 is 0 Å². The average molecular weight is 403 g/mol. The summed E-state index contributed by atoms with van der Waals surface area (Å²) in [5.41, 5.74) is 0.983. The zero-order valence-corrected chi connectivity index (χ0v) is 18.0. The van der Waals surface area contributed by atoms with E-state index in [0.717, 1.165) is 11.3 Å². The van der Waals surface area contributed by atoms with Crippen LogP contribution in [0.3, 0.4) is 0 Å². The predicted molar refractivity (Wildman–Crippen MR) is 122 cm³/mol. The van der Waals surface area contributed by atoms with E-state index in [1.54, 1.807) is 0 Å². The number of hydrogen-bond donors (Lipinski definition) is 0. The van der Waals surface area contributed by atoms with Crippen molar-refractivity contribution in [2.24, 2.45) is 10.4 Å². The Hall–Kier alpha value is -2.64. The third-order valence-corrected chi connectivity index (χ3v) is 6.85. The van der Waals surface area contributed by atoms with Gasteiger partial charge < -0.3 is 9.26 Å². The van der Waals surface area contributed by atoms with Crippen LogP contribution in [0.4, 0.5) is 0 Å². The van der Waals surface area contributed by atoms with Gasteiger partial charge in [0.15, 0.2) is 8.15 Å². The molecule has 1 aliphatic rings. The van der Waals surface area contributed by atoms with E-state index in [1.165, 1.54) is 10.6 Å². The molecule has 29 heavy (non-hydrogen) atoms. The van der Waals surface area contributed by atoms with Gasteiger partial charge in [-0.25, -0.2) is 4.99 Å². The third kappa shape index (κ3) is 4.52. The molecule has 3 nitrogen and oxygen atoms in total. The maximum Gasteiger partial charge on any atom is 0.220 e. The first-order valence-electron chi connectivity index (χ1n) is 9.90. The summed E-state index contributed by atoms with van der Waals surface area (Å²) in [4.78, 5) is 4.86.